The van der Waals surface area contributed by atoms with Gasteiger partial charge in [0.2, 0.25) is 0 Å². The molecule has 0 spiro atoms. The summed E-state index contributed by atoms with van der Waals surface area (Å²) in [5.41, 5.74) is 1.20. The van der Waals surface area contributed by atoms with Crippen LogP contribution in [0.2, 0.25) is 0 Å². The highest BCUT2D eigenvalue weighted by atomic mass is 32.2. The molecule has 0 unspecified atom stereocenters. The molecule has 1 heterocycles. The van der Waals surface area contributed by atoms with Gasteiger partial charge in [0, 0.05) is 12.4 Å². The van der Waals surface area contributed by atoms with Gasteiger partial charge in [0.1, 0.15) is 17.1 Å². The number of aromatic hydroxyl groups is 1. The van der Waals surface area contributed by atoms with Crippen molar-refractivity contribution in [2.75, 3.05) is 6.61 Å². The average Bonchev–Trinajstić information content (AvgIpc) is 3.12. The van der Waals surface area contributed by atoms with Crippen molar-refractivity contribution in [3.63, 3.8) is 0 Å². The van der Waals surface area contributed by atoms with Crippen molar-refractivity contribution in [3.05, 3.63) is 77.7 Å². The van der Waals surface area contributed by atoms with Crippen LogP contribution in [0.25, 0.3) is 22.2 Å². The summed E-state index contributed by atoms with van der Waals surface area (Å²) < 4.78 is 67.6. The number of pyridine rings is 1. The van der Waals surface area contributed by atoms with Crippen LogP contribution >= 0.6 is 0 Å². The lowest BCUT2D eigenvalue weighted by Gasteiger charge is -2.15. The molecule has 0 aliphatic heterocycles. The van der Waals surface area contributed by atoms with E-state index in [4.69, 9.17) is 4.74 Å². The summed E-state index contributed by atoms with van der Waals surface area (Å²) in [6.07, 6.45) is 18.0. The van der Waals surface area contributed by atoms with Gasteiger partial charge in [-0.1, -0.05) is 90.4 Å². The summed E-state index contributed by atoms with van der Waals surface area (Å²) in [5, 5.41) is 23.4. The molecule has 0 saturated heterocycles. The fourth-order valence-electron chi connectivity index (χ4n) is 6.20. The lowest BCUT2D eigenvalue weighted by molar-refractivity contribution is 0.0693. The van der Waals surface area contributed by atoms with Crippen molar-refractivity contribution in [2.24, 2.45) is 12.1 Å². The third-order valence-electron chi connectivity index (χ3n) is 9.25. The number of nitrogens with zero attached hydrogens (tertiary/aromatic N) is 2. The maximum atomic E-state index is 13.1. The third-order valence-corrected chi connectivity index (χ3v) is 11.3. The van der Waals surface area contributed by atoms with Gasteiger partial charge >= 0.3 is 5.97 Å². The first-order chi connectivity index (χ1) is 25.3. The number of hydrogen-bond acceptors (Lipinski definition) is 8. The minimum Gasteiger partial charge on any atom is -0.507 e. The Labute approximate surface area is 312 Å². The zero-order valence-corrected chi connectivity index (χ0v) is 32.1. The Morgan fingerprint density at radius 2 is 1.32 bits per heavy atom. The Bertz CT molecular complexity index is 2130. The summed E-state index contributed by atoms with van der Waals surface area (Å²) in [7, 11) is -7.29. The van der Waals surface area contributed by atoms with E-state index in [9.17, 15) is 36.4 Å². The van der Waals surface area contributed by atoms with Gasteiger partial charge in [-0.15, -0.1) is 0 Å². The van der Waals surface area contributed by atoms with E-state index in [0.717, 1.165) is 36.6 Å². The van der Waals surface area contributed by atoms with Crippen molar-refractivity contribution in [1.82, 2.24) is 9.40 Å². The number of nitrogens with one attached hydrogen (secondary N) is 1. The normalized spacial score (nSPS) is 12.3. The molecule has 288 valence electrons. The predicted molar refractivity (Wildman–Crippen MR) is 205 cm³/mol. The SMILES string of the molecule is CCCCCCCCCCCCCCCCOc1ccc(-c2cc(=NNS(=O)(=O)c3ccc(O)c(C(=O)O)c3)c3cc(S(=O)(=O)O)ccc3n2C)cc1. The van der Waals surface area contributed by atoms with Crippen molar-refractivity contribution >= 4 is 37.0 Å². The van der Waals surface area contributed by atoms with Gasteiger partial charge in [-0.2, -0.15) is 26.8 Å². The summed E-state index contributed by atoms with van der Waals surface area (Å²) in [6.45, 7) is 2.86. The second-order valence-corrected chi connectivity index (χ2v) is 16.4. The van der Waals surface area contributed by atoms with Crippen LogP contribution in [0.1, 0.15) is 107 Å². The highest BCUT2D eigenvalue weighted by molar-refractivity contribution is 7.89. The number of aryl methyl sites for hydroxylation is 1. The van der Waals surface area contributed by atoms with Crippen molar-refractivity contribution in [2.45, 2.75) is 107 Å². The predicted octanol–water partition coefficient (Wildman–Crippen LogP) is 8.15. The highest BCUT2D eigenvalue weighted by Gasteiger charge is 2.19. The number of aromatic carboxylic acids is 1. The molecule has 4 rings (SSSR count). The summed E-state index contributed by atoms with van der Waals surface area (Å²) >= 11 is 0. The van der Waals surface area contributed by atoms with Crippen LogP contribution in [0.4, 0.5) is 0 Å². The van der Waals surface area contributed by atoms with Crippen LogP contribution in [0.3, 0.4) is 0 Å². The van der Waals surface area contributed by atoms with Gasteiger partial charge in [-0.3, -0.25) is 4.55 Å². The number of rotatable bonds is 22. The van der Waals surface area contributed by atoms with Crippen molar-refractivity contribution in [1.29, 1.82) is 0 Å². The second kappa shape index (κ2) is 19.6. The molecule has 0 fully saturated rings. The molecule has 0 amide bonds. The average molecular weight is 770 g/mol. The first-order valence-corrected chi connectivity index (χ1v) is 21.2. The molecular formula is C39H51N3O9S2. The zero-order valence-electron chi connectivity index (χ0n) is 30.5. The molecule has 14 heteroatoms. The van der Waals surface area contributed by atoms with E-state index < -0.39 is 47.2 Å². The number of carboxylic acids is 1. The number of unbranched alkanes of at least 4 members (excludes halogenated alkanes) is 13. The molecular weight excluding hydrogens is 719 g/mol. The van der Waals surface area contributed by atoms with Crippen LogP contribution < -0.4 is 14.9 Å². The summed E-state index contributed by atoms with van der Waals surface area (Å²) in [5.74, 6) is -1.42. The largest absolute Gasteiger partial charge is 0.507 e. The van der Waals surface area contributed by atoms with E-state index in [0.29, 0.717) is 23.6 Å². The summed E-state index contributed by atoms with van der Waals surface area (Å²) in [4.78, 5) is 12.6. The van der Waals surface area contributed by atoms with Gasteiger partial charge in [0.05, 0.1) is 33.0 Å². The van der Waals surface area contributed by atoms with Gasteiger partial charge in [-0.05, 0) is 78.7 Å². The number of fused-ring (bicyclic) bond motifs is 1. The number of carboxylic acid groups (broad SMARTS) is 1. The fraction of sp³-hybridized carbons (Fsp3) is 0.436. The Morgan fingerprint density at radius 1 is 0.755 bits per heavy atom. The van der Waals surface area contributed by atoms with Gasteiger partial charge in [0.15, 0.2) is 0 Å². The molecule has 0 aliphatic rings. The number of phenols is 1. The van der Waals surface area contributed by atoms with E-state index in [1.807, 2.05) is 24.3 Å². The molecule has 12 nitrogen and oxygen atoms in total. The topological polar surface area (TPSA) is 185 Å². The monoisotopic (exact) mass is 769 g/mol. The summed E-state index contributed by atoms with van der Waals surface area (Å²) in [6, 6.07) is 15.6. The first kappa shape index (κ1) is 41.4. The van der Waals surface area contributed by atoms with E-state index in [1.54, 1.807) is 17.7 Å². The quantitative estimate of drug-likeness (QED) is 0.0348. The molecule has 0 atom stereocenters. The third kappa shape index (κ3) is 12.1. The van der Waals surface area contributed by atoms with E-state index in [1.165, 1.54) is 95.2 Å². The van der Waals surface area contributed by atoms with Gasteiger partial charge < -0.3 is 19.5 Å². The Balaban J connectivity index is 1.41. The number of benzene rings is 3. The Hall–Kier alpha value is -4.40. The number of hydrogen-bond donors (Lipinski definition) is 4. The zero-order chi connectivity index (χ0) is 38.4. The van der Waals surface area contributed by atoms with Crippen LogP contribution in [-0.2, 0) is 27.2 Å². The van der Waals surface area contributed by atoms with Crippen LogP contribution in [0.15, 0.2) is 81.6 Å². The second-order valence-electron chi connectivity index (χ2n) is 13.3. The maximum Gasteiger partial charge on any atom is 0.339 e. The lowest BCUT2D eigenvalue weighted by atomic mass is 10.0. The smallest absolute Gasteiger partial charge is 0.339 e. The van der Waals surface area contributed by atoms with E-state index >= 15 is 0 Å². The standard InChI is InChI=1S/C39H51N3O9S2/c1-3-4-5-6-7-8-9-10-11-12-13-14-15-16-25-51-30-19-17-29(18-20-30)37-28-35(33-27-32(53(48,49)50)21-23-36(33)42(37)2)40-41-52(46,47)31-22-24-38(43)34(26-31)39(44)45/h17-24,26-28,41,43H,3-16,25H2,1-2H3,(H,44,45)(H,48,49,50). The van der Waals surface area contributed by atoms with Crippen LogP contribution in [-0.4, -0.2) is 48.7 Å². The fourth-order valence-corrected chi connectivity index (χ4v) is 7.55. The molecule has 1 aromatic heterocycles. The molecule has 0 radical (unpaired) electrons. The number of sulfonamides is 1. The van der Waals surface area contributed by atoms with Crippen LogP contribution in [0.5, 0.6) is 11.5 Å². The van der Waals surface area contributed by atoms with E-state index in [2.05, 4.69) is 16.9 Å². The number of ether oxygens (including phenoxy) is 1. The van der Waals surface area contributed by atoms with Gasteiger partial charge in [-0.25, -0.2) is 4.79 Å². The van der Waals surface area contributed by atoms with E-state index in [-0.39, 0.29) is 10.7 Å². The number of aromatic nitrogens is 1. The van der Waals surface area contributed by atoms with Crippen LogP contribution in [0, 0.1) is 0 Å². The Morgan fingerprint density at radius 3 is 1.89 bits per heavy atom. The number of carbonyl (C=O) groups is 1. The molecule has 53 heavy (non-hydrogen) atoms. The molecule has 4 N–H and O–H groups in total. The first-order valence-electron chi connectivity index (χ1n) is 18.3. The molecule has 4 aromatic rings. The lowest BCUT2D eigenvalue weighted by Crippen LogP contribution is -2.23. The molecule has 0 aliphatic carbocycles. The van der Waals surface area contributed by atoms with Crippen molar-refractivity contribution in [3.8, 4) is 22.8 Å². The maximum absolute atomic E-state index is 13.1. The highest BCUT2D eigenvalue weighted by Crippen LogP contribution is 2.26. The minimum absolute atomic E-state index is 0.0255. The Kier molecular flexibility index (Phi) is 15.3. The molecule has 0 bridgehead atoms. The van der Waals surface area contributed by atoms with Crippen molar-refractivity contribution < 1.29 is 41.1 Å². The molecule has 3 aromatic carbocycles. The van der Waals surface area contributed by atoms with Gasteiger partial charge in [0.25, 0.3) is 20.1 Å². The minimum atomic E-state index is -4.60. The molecule has 0 saturated carbocycles.